The Kier molecular flexibility index (Phi) is 2.58. The molecule has 92 valence electrons. The molecule has 1 fully saturated rings. The summed E-state index contributed by atoms with van der Waals surface area (Å²) in [6.07, 6.45) is 2.50. The fourth-order valence-corrected chi connectivity index (χ4v) is 3.87. The van der Waals surface area contributed by atoms with Gasteiger partial charge in [-0.05, 0) is 36.9 Å². The molecule has 0 bridgehead atoms. The number of halogens is 2. The summed E-state index contributed by atoms with van der Waals surface area (Å²) in [6, 6.07) is 3.76. The van der Waals surface area contributed by atoms with Crippen LogP contribution in [0.2, 0.25) is 10.0 Å². The molecule has 1 aliphatic heterocycles. The average molecular weight is 271 g/mol. The number of fused-ring (bicyclic) bond motifs is 1. The first kappa shape index (κ1) is 11.6. The van der Waals surface area contributed by atoms with E-state index < -0.39 is 0 Å². The first-order chi connectivity index (χ1) is 8.09. The molecule has 0 saturated heterocycles. The number of rotatable bonds is 1. The molecule has 1 aromatic carbocycles. The van der Waals surface area contributed by atoms with Gasteiger partial charge in [0.15, 0.2) is 0 Å². The Morgan fingerprint density at radius 2 is 2.00 bits per heavy atom. The zero-order chi connectivity index (χ0) is 12.2. The Morgan fingerprint density at radius 1 is 1.35 bits per heavy atom. The Hall–Kier alpha value is -0.440. The summed E-state index contributed by atoms with van der Waals surface area (Å²) in [4.78, 5) is 2.24. The van der Waals surface area contributed by atoms with Crippen LogP contribution in [0.3, 0.4) is 0 Å². The van der Waals surface area contributed by atoms with Gasteiger partial charge in [-0.3, -0.25) is 0 Å². The fourth-order valence-electron chi connectivity index (χ4n) is 3.28. The van der Waals surface area contributed by atoms with Crippen molar-refractivity contribution < 1.29 is 0 Å². The van der Waals surface area contributed by atoms with E-state index >= 15 is 0 Å². The lowest BCUT2D eigenvalue weighted by Crippen LogP contribution is -2.39. The van der Waals surface area contributed by atoms with Gasteiger partial charge in [-0.15, -0.1) is 0 Å². The van der Waals surface area contributed by atoms with E-state index in [-0.39, 0.29) is 0 Å². The summed E-state index contributed by atoms with van der Waals surface area (Å²) in [7, 11) is 2.09. The Bertz CT molecular complexity index is 469. The lowest BCUT2D eigenvalue weighted by Gasteiger charge is -2.40. The van der Waals surface area contributed by atoms with Crippen LogP contribution in [-0.2, 0) is 0 Å². The van der Waals surface area contributed by atoms with Crippen LogP contribution in [0, 0.1) is 5.41 Å². The van der Waals surface area contributed by atoms with Crippen molar-refractivity contribution in [1.29, 1.82) is 0 Å². The summed E-state index contributed by atoms with van der Waals surface area (Å²) in [5.41, 5.74) is 8.57. The highest BCUT2D eigenvalue weighted by atomic mass is 35.5. The first-order valence-corrected chi connectivity index (χ1v) is 6.74. The average Bonchev–Trinajstić information content (AvgIpc) is 3.03. The third kappa shape index (κ3) is 1.58. The Balaban J connectivity index is 2.21. The van der Waals surface area contributed by atoms with Crippen LogP contribution in [0.4, 0.5) is 5.69 Å². The van der Waals surface area contributed by atoms with E-state index in [4.69, 9.17) is 28.9 Å². The first-order valence-electron chi connectivity index (χ1n) is 5.98. The molecule has 4 heteroatoms. The lowest BCUT2D eigenvalue weighted by molar-refractivity contribution is 0.391. The second kappa shape index (κ2) is 3.78. The van der Waals surface area contributed by atoms with Crippen molar-refractivity contribution in [1.82, 2.24) is 0 Å². The number of anilines is 1. The minimum absolute atomic E-state index is 0.352. The molecule has 2 aliphatic rings. The van der Waals surface area contributed by atoms with Gasteiger partial charge in [0.1, 0.15) is 0 Å². The topological polar surface area (TPSA) is 29.3 Å². The molecule has 1 heterocycles. The van der Waals surface area contributed by atoms with E-state index in [9.17, 15) is 0 Å². The zero-order valence-electron chi connectivity index (χ0n) is 9.84. The number of nitrogens with zero attached hydrogens (tertiary/aromatic N) is 1. The van der Waals surface area contributed by atoms with Crippen LogP contribution in [0.1, 0.15) is 24.3 Å². The summed E-state index contributed by atoms with van der Waals surface area (Å²) >= 11 is 12.7. The van der Waals surface area contributed by atoms with Crippen molar-refractivity contribution in [3.63, 3.8) is 0 Å². The molecule has 1 saturated carbocycles. The third-order valence-electron chi connectivity index (χ3n) is 4.26. The molecule has 0 radical (unpaired) electrons. The SMILES string of the molecule is CN1CC2(CC2)C(CN)c2c(Cl)ccc(Cl)c21. The quantitative estimate of drug-likeness (QED) is 0.849. The van der Waals surface area contributed by atoms with Crippen molar-refractivity contribution >= 4 is 28.9 Å². The molecule has 2 N–H and O–H groups in total. The second-order valence-corrected chi connectivity index (χ2v) is 6.11. The van der Waals surface area contributed by atoms with E-state index in [0.29, 0.717) is 17.9 Å². The summed E-state index contributed by atoms with van der Waals surface area (Å²) in [5.74, 6) is 0.361. The van der Waals surface area contributed by atoms with Crippen molar-refractivity contribution in [3.05, 3.63) is 27.7 Å². The van der Waals surface area contributed by atoms with Crippen LogP contribution in [0.25, 0.3) is 0 Å². The van der Waals surface area contributed by atoms with Crippen LogP contribution in [0.5, 0.6) is 0 Å². The summed E-state index contributed by atoms with van der Waals surface area (Å²) < 4.78 is 0. The molecular formula is C13H16Cl2N2. The molecule has 0 aromatic heterocycles. The maximum Gasteiger partial charge on any atom is 0.0643 e. The number of nitrogens with two attached hydrogens (primary N) is 1. The minimum atomic E-state index is 0.352. The molecule has 2 nitrogen and oxygen atoms in total. The molecule has 1 aliphatic carbocycles. The molecule has 17 heavy (non-hydrogen) atoms. The zero-order valence-corrected chi connectivity index (χ0v) is 11.4. The standard InChI is InChI=1S/C13H16Cl2N2/c1-17-7-13(4-5-13)8(6-16)11-9(14)2-3-10(15)12(11)17/h2-3,8H,4-7,16H2,1H3. The molecule has 1 aromatic rings. The normalized spacial score (nSPS) is 24.9. The maximum atomic E-state index is 6.37. The van der Waals surface area contributed by atoms with E-state index in [1.807, 2.05) is 12.1 Å². The van der Waals surface area contributed by atoms with Crippen LogP contribution in [-0.4, -0.2) is 20.1 Å². The van der Waals surface area contributed by atoms with E-state index in [1.165, 1.54) is 12.8 Å². The van der Waals surface area contributed by atoms with E-state index in [0.717, 1.165) is 27.8 Å². The smallest absolute Gasteiger partial charge is 0.0643 e. The van der Waals surface area contributed by atoms with Gasteiger partial charge in [0.25, 0.3) is 0 Å². The van der Waals surface area contributed by atoms with E-state index in [2.05, 4.69) is 11.9 Å². The van der Waals surface area contributed by atoms with Gasteiger partial charge in [0.2, 0.25) is 0 Å². The van der Waals surface area contributed by atoms with Gasteiger partial charge in [-0.1, -0.05) is 23.2 Å². The van der Waals surface area contributed by atoms with Crippen molar-refractivity contribution in [2.45, 2.75) is 18.8 Å². The highest BCUT2D eigenvalue weighted by Crippen LogP contribution is 2.62. The van der Waals surface area contributed by atoms with E-state index in [1.54, 1.807) is 0 Å². The molecule has 1 spiro atoms. The van der Waals surface area contributed by atoms with Gasteiger partial charge < -0.3 is 10.6 Å². The Morgan fingerprint density at radius 3 is 2.59 bits per heavy atom. The number of hydrogen-bond acceptors (Lipinski definition) is 2. The van der Waals surface area contributed by atoms with Crippen molar-refractivity contribution in [3.8, 4) is 0 Å². The van der Waals surface area contributed by atoms with Crippen LogP contribution >= 0.6 is 23.2 Å². The monoisotopic (exact) mass is 270 g/mol. The van der Waals surface area contributed by atoms with Crippen molar-refractivity contribution in [2.24, 2.45) is 11.1 Å². The van der Waals surface area contributed by atoms with Gasteiger partial charge >= 0.3 is 0 Å². The van der Waals surface area contributed by atoms with Crippen LogP contribution in [0.15, 0.2) is 12.1 Å². The fraction of sp³-hybridized carbons (Fsp3) is 0.538. The van der Waals surface area contributed by atoms with Crippen LogP contribution < -0.4 is 10.6 Å². The summed E-state index contributed by atoms with van der Waals surface area (Å²) in [5, 5.41) is 1.58. The highest BCUT2D eigenvalue weighted by Gasteiger charge is 2.53. The van der Waals surface area contributed by atoms with Gasteiger partial charge in [0.05, 0.1) is 10.7 Å². The Labute approximate surface area is 112 Å². The minimum Gasteiger partial charge on any atom is -0.373 e. The van der Waals surface area contributed by atoms with Gasteiger partial charge in [-0.2, -0.15) is 0 Å². The third-order valence-corrected chi connectivity index (χ3v) is 4.90. The largest absolute Gasteiger partial charge is 0.373 e. The molecular weight excluding hydrogens is 255 g/mol. The van der Waals surface area contributed by atoms with Crippen molar-refractivity contribution in [2.75, 3.05) is 25.0 Å². The lowest BCUT2D eigenvalue weighted by atomic mass is 9.78. The summed E-state index contributed by atoms with van der Waals surface area (Å²) in [6.45, 7) is 1.70. The predicted octanol–water partition coefficient (Wildman–Crippen LogP) is 3.27. The van der Waals surface area contributed by atoms with Gasteiger partial charge in [-0.25, -0.2) is 0 Å². The molecule has 1 atom stereocenters. The second-order valence-electron chi connectivity index (χ2n) is 5.30. The highest BCUT2D eigenvalue weighted by molar-refractivity contribution is 6.36. The molecule has 3 rings (SSSR count). The predicted molar refractivity (Wildman–Crippen MR) is 73.2 cm³/mol. The van der Waals surface area contributed by atoms with Gasteiger partial charge in [0, 0.05) is 30.1 Å². The maximum absolute atomic E-state index is 6.37. The molecule has 0 amide bonds. The number of hydrogen-bond donors (Lipinski definition) is 1. The number of benzene rings is 1. The molecule has 1 unspecified atom stereocenters.